The molecule has 0 atom stereocenters. The predicted octanol–water partition coefficient (Wildman–Crippen LogP) is 2.38. The van der Waals surface area contributed by atoms with Gasteiger partial charge in [-0.05, 0) is 85.6 Å². The summed E-state index contributed by atoms with van der Waals surface area (Å²) in [5.74, 6) is -1.70. The molecule has 0 saturated carbocycles. The third-order valence-electron chi connectivity index (χ3n) is 7.45. The zero-order valence-corrected chi connectivity index (χ0v) is 31.6. The fourth-order valence-corrected chi connectivity index (χ4v) is 7.47. The van der Waals surface area contributed by atoms with Gasteiger partial charge in [0.05, 0.1) is 24.8 Å². The van der Waals surface area contributed by atoms with E-state index in [9.17, 15) is 19.2 Å². The molecule has 2 aliphatic heterocycles. The van der Waals surface area contributed by atoms with Crippen LogP contribution in [0, 0.1) is 0 Å². The Bertz CT molecular complexity index is 1700. The number of likely N-dealkylation sites (tertiary alicyclic amines) is 2. The molecule has 3 aromatic heterocycles. The van der Waals surface area contributed by atoms with Crippen LogP contribution in [-0.2, 0) is 22.7 Å². The minimum absolute atomic E-state index is 0.0472. The molecule has 0 aromatic carbocycles. The number of carbonyl (C=O) groups is 4. The molecule has 53 heavy (non-hydrogen) atoms. The first-order chi connectivity index (χ1) is 25.1. The second-order valence-corrected chi connectivity index (χ2v) is 15.8. The van der Waals surface area contributed by atoms with E-state index in [1.807, 2.05) is 20.8 Å². The molecule has 2 saturated heterocycles. The maximum Gasteiger partial charge on any atom is 0.416 e. The fraction of sp³-hybridized carbons (Fsp3) is 0.586. The van der Waals surface area contributed by atoms with Crippen molar-refractivity contribution in [1.29, 1.82) is 0 Å². The smallest absolute Gasteiger partial charge is 0.416 e. The van der Waals surface area contributed by atoms with Crippen LogP contribution >= 0.6 is 35.7 Å². The number of pyridine rings is 1. The number of thioether (sulfide) groups is 2. The number of hydrogen-bond donors (Lipinski definition) is 5. The molecule has 5 N–H and O–H groups in total. The van der Waals surface area contributed by atoms with Gasteiger partial charge in [0.1, 0.15) is 6.54 Å². The second kappa shape index (κ2) is 19.3. The van der Waals surface area contributed by atoms with Gasteiger partial charge in [0.15, 0.2) is 5.11 Å². The van der Waals surface area contributed by atoms with Crippen LogP contribution in [0.4, 0.5) is 15.3 Å². The molecule has 2 aliphatic rings. The number of nitrogens with zero attached hydrogens (tertiary/aromatic N) is 11. The number of piperidine rings is 2. The minimum atomic E-state index is -1.00. The van der Waals surface area contributed by atoms with Crippen molar-refractivity contribution in [2.24, 2.45) is 0 Å². The molecule has 21 nitrogen and oxygen atoms in total. The number of amides is 2. The number of rotatable bonds is 11. The first-order valence-electron chi connectivity index (χ1n) is 16.4. The summed E-state index contributed by atoms with van der Waals surface area (Å²) >= 11 is 8.16. The van der Waals surface area contributed by atoms with E-state index in [0.29, 0.717) is 60.1 Å². The van der Waals surface area contributed by atoms with Crippen LogP contribution in [0.2, 0.25) is 0 Å². The first kappa shape index (κ1) is 40.9. The highest BCUT2D eigenvalue weighted by Crippen LogP contribution is 2.30. The van der Waals surface area contributed by atoms with E-state index in [-0.39, 0.29) is 41.4 Å². The summed E-state index contributed by atoms with van der Waals surface area (Å²) in [7, 11) is 0. The number of nitrogens with one attached hydrogen (secondary N) is 2. The van der Waals surface area contributed by atoms with E-state index in [1.54, 1.807) is 23.2 Å². The summed E-state index contributed by atoms with van der Waals surface area (Å²) in [5, 5.41) is 56.9. The molecule has 3 aromatic rings. The standard InChI is InChI=1S/C20H28N8O4S2.C9H13N5O4S/c1-20(2,3)23-17(33)22-13-4-5-15(21-12-13)32-19(31)27-9-6-14(7-10-27)34-18-24-25-26-28(18)11-8-16(29)30;15-7(16)5-14-8(10-11-12-14)19-6-1-3-13(4-2-6)9(17)18/h4-5,12,14H,6-11H2,1-3H3,(H,29,30)(H2,22,23,33);6H,1-5H2,(H,15,16)(H,17,18). The molecule has 24 heteroatoms. The van der Waals surface area contributed by atoms with Gasteiger partial charge in [-0.25, -0.2) is 23.9 Å². The maximum atomic E-state index is 12.5. The molecule has 0 spiro atoms. The monoisotopic (exact) mass is 795 g/mol. The molecule has 0 bridgehead atoms. The van der Waals surface area contributed by atoms with Gasteiger partial charge in [-0.2, -0.15) is 0 Å². The zero-order valence-electron chi connectivity index (χ0n) is 29.2. The lowest BCUT2D eigenvalue weighted by Gasteiger charge is -2.30. The molecular weight excluding hydrogens is 755 g/mol. The van der Waals surface area contributed by atoms with Crippen molar-refractivity contribution in [3.63, 3.8) is 0 Å². The number of carboxylic acids is 2. The number of hydrogen-bond acceptors (Lipinski definition) is 15. The normalized spacial score (nSPS) is 15.2. The number of aryl methyl sites for hydroxylation is 1. The van der Waals surface area contributed by atoms with Crippen LogP contribution in [0.25, 0.3) is 0 Å². The number of anilines is 1. The van der Waals surface area contributed by atoms with Crippen molar-refractivity contribution >= 4 is 70.7 Å². The second-order valence-electron chi connectivity index (χ2n) is 12.8. The molecule has 2 amide bonds. The van der Waals surface area contributed by atoms with Crippen LogP contribution in [0.3, 0.4) is 0 Å². The summed E-state index contributed by atoms with van der Waals surface area (Å²) < 4.78 is 8.14. The lowest BCUT2D eigenvalue weighted by molar-refractivity contribution is -0.138. The Labute approximate surface area is 317 Å². The fourth-order valence-electron chi connectivity index (χ4n) is 4.92. The lowest BCUT2D eigenvalue weighted by atomic mass is 10.1. The summed E-state index contributed by atoms with van der Waals surface area (Å²) in [6, 6.07) is 3.35. The molecule has 288 valence electrons. The third-order valence-corrected chi connectivity index (χ3v) is 10.3. The zero-order chi connectivity index (χ0) is 38.5. The molecule has 2 fully saturated rings. The van der Waals surface area contributed by atoms with Gasteiger partial charge in [0.2, 0.25) is 16.2 Å². The highest BCUT2D eigenvalue weighted by atomic mass is 32.2. The number of ether oxygens (including phenoxy) is 1. The molecule has 5 rings (SSSR count). The summed E-state index contributed by atoms with van der Waals surface area (Å²) in [4.78, 5) is 51.9. The Kier molecular flexibility index (Phi) is 14.9. The number of aromatic nitrogens is 9. The number of tetrazole rings is 2. The third kappa shape index (κ3) is 13.9. The largest absolute Gasteiger partial charge is 0.481 e. The summed E-state index contributed by atoms with van der Waals surface area (Å²) in [6.07, 6.45) is 3.03. The Balaban J connectivity index is 0.000000278. The van der Waals surface area contributed by atoms with Gasteiger partial charge in [0, 0.05) is 48.3 Å². The van der Waals surface area contributed by atoms with E-state index in [1.165, 1.54) is 37.8 Å². The van der Waals surface area contributed by atoms with Crippen molar-refractivity contribution in [3.8, 4) is 5.88 Å². The van der Waals surface area contributed by atoms with Crippen molar-refractivity contribution in [1.82, 2.24) is 60.5 Å². The summed E-state index contributed by atoms with van der Waals surface area (Å²) in [5.41, 5.74) is 0.526. The van der Waals surface area contributed by atoms with Crippen LogP contribution in [0.1, 0.15) is 52.9 Å². The number of aliphatic carboxylic acids is 2. The Morgan fingerprint density at radius 3 is 1.94 bits per heavy atom. The lowest BCUT2D eigenvalue weighted by Crippen LogP contribution is -2.42. The van der Waals surface area contributed by atoms with E-state index in [0.717, 1.165) is 12.8 Å². The highest BCUT2D eigenvalue weighted by Gasteiger charge is 2.27. The summed E-state index contributed by atoms with van der Waals surface area (Å²) in [6.45, 7) is 7.98. The van der Waals surface area contributed by atoms with E-state index < -0.39 is 24.1 Å². The molecule has 0 radical (unpaired) electrons. The van der Waals surface area contributed by atoms with Crippen LogP contribution in [0.15, 0.2) is 28.6 Å². The van der Waals surface area contributed by atoms with Crippen LogP contribution < -0.4 is 15.4 Å². The van der Waals surface area contributed by atoms with Gasteiger partial charge >= 0.3 is 24.1 Å². The Morgan fingerprint density at radius 2 is 1.43 bits per heavy atom. The minimum Gasteiger partial charge on any atom is -0.481 e. The van der Waals surface area contributed by atoms with E-state index in [2.05, 4.69) is 46.7 Å². The molecule has 0 aliphatic carbocycles. The average molecular weight is 796 g/mol. The van der Waals surface area contributed by atoms with Crippen molar-refractivity contribution in [2.75, 3.05) is 31.5 Å². The number of carboxylic acid groups (broad SMARTS) is 3. The van der Waals surface area contributed by atoms with Gasteiger partial charge in [-0.15, -0.1) is 10.2 Å². The topological polar surface area (TPSA) is 269 Å². The van der Waals surface area contributed by atoms with Gasteiger partial charge in [-0.3, -0.25) is 9.59 Å². The highest BCUT2D eigenvalue weighted by molar-refractivity contribution is 8.00. The van der Waals surface area contributed by atoms with E-state index in [4.69, 9.17) is 32.3 Å². The van der Waals surface area contributed by atoms with Crippen LogP contribution in [0.5, 0.6) is 5.88 Å². The first-order valence-corrected chi connectivity index (χ1v) is 18.6. The molecule has 5 heterocycles. The van der Waals surface area contributed by atoms with Gasteiger partial charge in [0.25, 0.3) is 0 Å². The van der Waals surface area contributed by atoms with Crippen molar-refractivity contribution in [3.05, 3.63) is 18.3 Å². The molecule has 0 unspecified atom stereocenters. The SMILES string of the molecule is CC(C)(C)NC(=S)Nc1ccc(OC(=O)N2CCC(Sc3nnnn3CCC(=O)O)CC2)nc1.O=C(O)Cn1nnnc1SC1CCN(C(=O)O)CC1. The predicted molar refractivity (Wildman–Crippen MR) is 194 cm³/mol. The van der Waals surface area contributed by atoms with Gasteiger partial charge in [-0.1, -0.05) is 23.5 Å². The number of carbonyl (C=O) groups excluding carboxylic acids is 1. The van der Waals surface area contributed by atoms with E-state index >= 15 is 0 Å². The quantitative estimate of drug-likeness (QED) is 0.174. The van der Waals surface area contributed by atoms with Gasteiger partial charge < -0.3 is 40.5 Å². The van der Waals surface area contributed by atoms with Crippen LogP contribution in [-0.4, -0.2) is 142 Å². The molecular formula is C29H41N13O8S3. The number of thiocarbonyl (C=S) groups is 1. The average Bonchev–Trinajstić information content (AvgIpc) is 3.73. The van der Waals surface area contributed by atoms with Crippen molar-refractivity contribution in [2.45, 2.75) is 92.3 Å². The van der Waals surface area contributed by atoms with Crippen molar-refractivity contribution < 1.29 is 39.2 Å². The maximum absolute atomic E-state index is 12.5. The Morgan fingerprint density at radius 1 is 0.868 bits per heavy atom. The Hall–Kier alpha value is -4.84.